The Morgan fingerprint density at radius 3 is 1.93 bits per heavy atom. The van der Waals surface area contributed by atoms with Crippen molar-refractivity contribution in [2.45, 2.75) is 64.2 Å². The largest absolute Gasteiger partial charge is 0.481 e. The van der Waals surface area contributed by atoms with Crippen molar-refractivity contribution < 1.29 is 34.2 Å². The smallest absolute Gasteiger partial charge is 0.326 e. The van der Waals surface area contributed by atoms with Crippen molar-refractivity contribution in [3.8, 4) is 0 Å². The molecule has 0 saturated heterocycles. The molecule has 0 aliphatic heterocycles. The average Bonchev–Trinajstić information content (AvgIpc) is 2.62. The summed E-state index contributed by atoms with van der Waals surface area (Å²) in [5, 5.41) is 25.1. The van der Waals surface area contributed by atoms with E-state index in [4.69, 9.17) is 10.8 Å². The molecule has 0 fully saturated rings. The number of carboxylic acids is 2. The Labute approximate surface area is 179 Å². The van der Waals surface area contributed by atoms with Gasteiger partial charge in [-0.15, -0.1) is 0 Å². The molecule has 11 nitrogen and oxygen atoms in total. The van der Waals surface area contributed by atoms with Crippen molar-refractivity contribution in [2.24, 2.45) is 11.7 Å². The summed E-state index contributed by atoms with van der Waals surface area (Å²) in [4.78, 5) is 59.1. The van der Waals surface area contributed by atoms with E-state index < -0.39 is 60.2 Å². The highest BCUT2D eigenvalue weighted by Crippen LogP contribution is 2.05. The molecule has 4 atom stereocenters. The van der Waals surface area contributed by atoms with Gasteiger partial charge >= 0.3 is 11.9 Å². The number of hydrogen-bond acceptors (Lipinski definition) is 7. The molecular weight excluding hydrogens is 416 g/mol. The van der Waals surface area contributed by atoms with Gasteiger partial charge in [0.15, 0.2) is 0 Å². The lowest BCUT2D eigenvalue weighted by Gasteiger charge is -2.23. The van der Waals surface area contributed by atoms with Crippen LogP contribution in [0.4, 0.5) is 0 Å². The van der Waals surface area contributed by atoms with Crippen molar-refractivity contribution in [3.63, 3.8) is 0 Å². The monoisotopic (exact) mass is 448 g/mol. The first kappa shape index (κ1) is 27.7. The number of carbonyl (C=O) groups is 5. The number of rotatable bonds is 14. The second kappa shape index (κ2) is 13.8. The Bertz CT molecular complexity index is 630. The molecule has 0 heterocycles. The molecular formula is C18H32N4O7S. The van der Waals surface area contributed by atoms with E-state index in [1.807, 2.05) is 13.8 Å². The van der Waals surface area contributed by atoms with E-state index in [0.717, 1.165) is 0 Å². The van der Waals surface area contributed by atoms with Gasteiger partial charge in [-0.05, 0) is 37.7 Å². The average molecular weight is 449 g/mol. The third kappa shape index (κ3) is 11.0. The molecule has 7 N–H and O–H groups in total. The molecule has 12 heteroatoms. The maximum Gasteiger partial charge on any atom is 0.326 e. The maximum absolute atomic E-state index is 12.4. The van der Waals surface area contributed by atoms with Gasteiger partial charge in [0, 0.05) is 0 Å². The second-order valence-corrected chi connectivity index (χ2v) is 8.29. The van der Waals surface area contributed by atoms with Crippen molar-refractivity contribution in [1.29, 1.82) is 0 Å². The van der Waals surface area contributed by atoms with Gasteiger partial charge < -0.3 is 31.9 Å². The van der Waals surface area contributed by atoms with Gasteiger partial charge in [-0.1, -0.05) is 13.8 Å². The molecule has 0 aromatic carbocycles. The van der Waals surface area contributed by atoms with Gasteiger partial charge in [0.05, 0.1) is 12.5 Å². The van der Waals surface area contributed by atoms with Crippen LogP contribution in [0.3, 0.4) is 0 Å². The van der Waals surface area contributed by atoms with E-state index in [9.17, 15) is 29.1 Å². The van der Waals surface area contributed by atoms with E-state index in [1.165, 1.54) is 18.7 Å². The topological polar surface area (TPSA) is 188 Å². The lowest BCUT2D eigenvalue weighted by Crippen LogP contribution is -2.56. The number of nitrogens with two attached hydrogens (primary N) is 1. The predicted molar refractivity (Wildman–Crippen MR) is 112 cm³/mol. The van der Waals surface area contributed by atoms with Gasteiger partial charge in [-0.25, -0.2) is 4.79 Å². The van der Waals surface area contributed by atoms with Crippen LogP contribution >= 0.6 is 11.8 Å². The molecule has 0 spiro atoms. The minimum Gasteiger partial charge on any atom is -0.481 e. The quantitative estimate of drug-likeness (QED) is 0.197. The number of aliphatic carboxylic acids is 2. The van der Waals surface area contributed by atoms with Crippen molar-refractivity contribution in [1.82, 2.24) is 16.0 Å². The SMILES string of the molecule is CSCCC(NC(=O)C(C)NC(=O)C(CC(=O)O)NC(=O)C(N)CC(C)C)C(=O)O. The van der Waals surface area contributed by atoms with Gasteiger partial charge in [0.2, 0.25) is 17.7 Å². The van der Waals surface area contributed by atoms with E-state index in [1.54, 1.807) is 6.26 Å². The molecule has 0 aromatic heterocycles. The van der Waals surface area contributed by atoms with Crippen molar-refractivity contribution in [2.75, 3.05) is 12.0 Å². The van der Waals surface area contributed by atoms with E-state index >= 15 is 0 Å². The molecule has 172 valence electrons. The van der Waals surface area contributed by atoms with Crippen LogP contribution in [0.25, 0.3) is 0 Å². The Kier molecular flexibility index (Phi) is 12.7. The molecule has 0 rings (SSSR count). The van der Waals surface area contributed by atoms with Crippen LogP contribution in [0.1, 0.15) is 40.0 Å². The van der Waals surface area contributed by atoms with Crippen LogP contribution < -0.4 is 21.7 Å². The minimum atomic E-state index is -1.43. The maximum atomic E-state index is 12.4. The highest BCUT2D eigenvalue weighted by Gasteiger charge is 2.29. The van der Waals surface area contributed by atoms with Crippen LogP contribution in [-0.2, 0) is 24.0 Å². The Morgan fingerprint density at radius 1 is 0.900 bits per heavy atom. The number of carboxylic acid groups (broad SMARTS) is 2. The molecule has 0 radical (unpaired) electrons. The van der Waals surface area contributed by atoms with Crippen molar-refractivity contribution >= 4 is 41.4 Å². The first-order valence-corrected chi connectivity index (χ1v) is 10.9. The fourth-order valence-corrected chi connectivity index (χ4v) is 2.92. The number of hydrogen-bond donors (Lipinski definition) is 6. The molecule has 4 unspecified atom stereocenters. The fourth-order valence-electron chi connectivity index (χ4n) is 2.45. The Balaban J connectivity index is 5.03. The van der Waals surface area contributed by atoms with E-state index in [0.29, 0.717) is 12.2 Å². The summed E-state index contributed by atoms with van der Waals surface area (Å²) in [7, 11) is 0. The summed E-state index contributed by atoms with van der Waals surface area (Å²) in [5.74, 6) is -4.20. The highest BCUT2D eigenvalue weighted by molar-refractivity contribution is 7.98. The third-order valence-corrected chi connectivity index (χ3v) is 4.70. The summed E-state index contributed by atoms with van der Waals surface area (Å²) in [6.07, 6.45) is 1.65. The summed E-state index contributed by atoms with van der Waals surface area (Å²) < 4.78 is 0. The summed E-state index contributed by atoms with van der Waals surface area (Å²) in [5.41, 5.74) is 5.76. The van der Waals surface area contributed by atoms with Gasteiger partial charge in [-0.2, -0.15) is 11.8 Å². The summed E-state index contributed by atoms with van der Waals surface area (Å²) in [6.45, 7) is 5.04. The lowest BCUT2D eigenvalue weighted by atomic mass is 10.0. The van der Waals surface area contributed by atoms with Gasteiger partial charge in [-0.3, -0.25) is 19.2 Å². The van der Waals surface area contributed by atoms with Crippen LogP contribution in [0.2, 0.25) is 0 Å². The first-order chi connectivity index (χ1) is 13.9. The zero-order valence-electron chi connectivity index (χ0n) is 17.6. The number of thioether (sulfide) groups is 1. The standard InChI is InChI=1S/C18H32N4O7S/c1-9(2)7-11(19)16(26)22-13(8-14(23)24)17(27)20-10(3)15(25)21-12(18(28)29)5-6-30-4/h9-13H,5-8,19H2,1-4H3,(H,20,27)(H,21,25)(H,22,26)(H,23,24)(H,28,29). The number of nitrogens with one attached hydrogen (secondary N) is 3. The number of carbonyl (C=O) groups excluding carboxylic acids is 3. The lowest BCUT2D eigenvalue weighted by molar-refractivity contribution is -0.143. The predicted octanol–water partition coefficient (Wildman–Crippen LogP) is -0.853. The molecule has 0 saturated carbocycles. The Hall–Kier alpha value is -2.34. The third-order valence-electron chi connectivity index (χ3n) is 4.05. The van der Waals surface area contributed by atoms with Crippen LogP contribution in [-0.4, -0.2) is 76.0 Å². The van der Waals surface area contributed by atoms with E-state index in [2.05, 4.69) is 16.0 Å². The number of amides is 3. The van der Waals surface area contributed by atoms with Gasteiger partial charge in [0.1, 0.15) is 18.1 Å². The Morgan fingerprint density at radius 2 is 1.47 bits per heavy atom. The highest BCUT2D eigenvalue weighted by atomic mass is 32.2. The van der Waals surface area contributed by atoms with Gasteiger partial charge in [0.25, 0.3) is 0 Å². The van der Waals surface area contributed by atoms with Crippen molar-refractivity contribution in [3.05, 3.63) is 0 Å². The second-order valence-electron chi connectivity index (χ2n) is 7.31. The molecule has 0 bridgehead atoms. The summed E-state index contributed by atoms with van der Waals surface area (Å²) >= 11 is 1.42. The molecule has 0 aliphatic rings. The molecule has 3 amide bonds. The zero-order chi connectivity index (χ0) is 23.4. The fraction of sp³-hybridized carbons (Fsp3) is 0.722. The zero-order valence-corrected chi connectivity index (χ0v) is 18.5. The van der Waals surface area contributed by atoms with Crippen LogP contribution in [0, 0.1) is 5.92 Å². The normalized spacial score (nSPS) is 14.9. The molecule has 0 aromatic rings. The molecule has 0 aliphatic carbocycles. The van der Waals surface area contributed by atoms with Crippen LogP contribution in [0.15, 0.2) is 0 Å². The first-order valence-electron chi connectivity index (χ1n) is 9.49. The minimum absolute atomic E-state index is 0.120. The molecule has 30 heavy (non-hydrogen) atoms. The summed E-state index contributed by atoms with van der Waals surface area (Å²) in [6, 6.07) is -4.61. The van der Waals surface area contributed by atoms with Crippen LogP contribution in [0.5, 0.6) is 0 Å². The van der Waals surface area contributed by atoms with E-state index in [-0.39, 0.29) is 12.3 Å².